The van der Waals surface area contributed by atoms with Gasteiger partial charge < -0.3 is 10.2 Å². The fourth-order valence-electron chi connectivity index (χ4n) is 4.88. The summed E-state index contributed by atoms with van der Waals surface area (Å²) in [5.74, 6) is 0.990. The van der Waals surface area contributed by atoms with Crippen LogP contribution in [0.15, 0.2) is 53.5 Å². The van der Waals surface area contributed by atoms with E-state index < -0.39 is 0 Å². The number of nitrogens with zero attached hydrogens (tertiary/aromatic N) is 2. The fourth-order valence-corrected chi connectivity index (χ4v) is 5.73. The lowest BCUT2D eigenvalue weighted by atomic mass is 9.79. The molecule has 3 nitrogen and oxygen atoms in total. The summed E-state index contributed by atoms with van der Waals surface area (Å²) < 4.78 is 0. The SMILES string of the molecule is Cc1ccc(N2C(=S)NC(=NC(/C=C/c3ccc(Cl)cc3Cl)C(C)(C)C)C23CCCCC3)cc1. The smallest absolute Gasteiger partial charge is 0.179 e. The largest absolute Gasteiger partial charge is 0.319 e. The molecule has 2 aliphatic rings. The Kier molecular flexibility index (Phi) is 7.42. The van der Waals surface area contributed by atoms with Crippen LogP contribution in [0.4, 0.5) is 5.69 Å². The summed E-state index contributed by atoms with van der Waals surface area (Å²) >= 11 is 18.4. The second kappa shape index (κ2) is 10.0. The second-order valence-corrected chi connectivity index (χ2v) is 11.7. The van der Waals surface area contributed by atoms with Crippen LogP contribution in [0.3, 0.4) is 0 Å². The summed E-state index contributed by atoms with van der Waals surface area (Å²) in [7, 11) is 0. The average molecular weight is 515 g/mol. The number of benzene rings is 2. The molecule has 1 atom stereocenters. The molecule has 1 heterocycles. The molecule has 1 aliphatic heterocycles. The molecule has 34 heavy (non-hydrogen) atoms. The molecular formula is C28H33Cl2N3S. The van der Waals surface area contributed by atoms with Crippen LogP contribution in [0, 0.1) is 12.3 Å². The third kappa shape index (κ3) is 5.19. The molecule has 1 unspecified atom stereocenters. The third-order valence-electron chi connectivity index (χ3n) is 6.85. The first-order valence-electron chi connectivity index (χ1n) is 12.0. The molecule has 0 amide bonds. The molecule has 1 spiro atoms. The minimum atomic E-state index is -0.222. The van der Waals surface area contributed by atoms with Crippen LogP contribution in [0.25, 0.3) is 6.08 Å². The van der Waals surface area contributed by atoms with Gasteiger partial charge in [-0.3, -0.25) is 4.99 Å². The standard InChI is InChI=1S/C28H33Cl2N3S/c1-19-8-13-22(14-9-19)33-26(34)32-25(28(33)16-6-5-7-17-28)31-24(27(2,3)4)15-11-20-10-12-21(29)18-23(20)30/h8-15,18,24H,5-7,16-17H2,1-4H3,(H,31,32,34)/b15-11+. The van der Waals surface area contributed by atoms with Crippen molar-refractivity contribution < 1.29 is 0 Å². The van der Waals surface area contributed by atoms with Gasteiger partial charge in [0.2, 0.25) is 0 Å². The Morgan fingerprint density at radius 3 is 2.35 bits per heavy atom. The van der Waals surface area contributed by atoms with Gasteiger partial charge in [-0.1, -0.05) is 99.2 Å². The quantitative estimate of drug-likeness (QED) is 0.417. The van der Waals surface area contributed by atoms with E-state index >= 15 is 0 Å². The van der Waals surface area contributed by atoms with Crippen molar-refractivity contribution in [1.29, 1.82) is 0 Å². The molecule has 180 valence electrons. The van der Waals surface area contributed by atoms with Gasteiger partial charge in [0, 0.05) is 15.7 Å². The van der Waals surface area contributed by atoms with Crippen molar-refractivity contribution in [1.82, 2.24) is 5.32 Å². The summed E-state index contributed by atoms with van der Waals surface area (Å²) in [6.45, 7) is 8.76. The van der Waals surface area contributed by atoms with E-state index in [0.717, 1.165) is 35.0 Å². The van der Waals surface area contributed by atoms with Crippen LogP contribution >= 0.6 is 35.4 Å². The van der Waals surface area contributed by atoms with Gasteiger partial charge in [0.05, 0.1) is 6.04 Å². The van der Waals surface area contributed by atoms with Gasteiger partial charge in [0.15, 0.2) is 5.11 Å². The summed E-state index contributed by atoms with van der Waals surface area (Å²) in [5.41, 5.74) is 3.00. The molecule has 1 saturated heterocycles. The maximum Gasteiger partial charge on any atom is 0.179 e. The number of anilines is 1. The van der Waals surface area contributed by atoms with E-state index in [2.05, 4.69) is 74.3 Å². The van der Waals surface area contributed by atoms with Gasteiger partial charge in [0.1, 0.15) is 11.4 Å². The maximum atomic E-state index is 6.42. The Hall–Kier alpha value is -1.88. The zero-order chi connectivity index (χ0) is 24.5. The number of aryl methyl sites for hydroxylation is 1. The second-order valence-electron chi connectivity index (χ2n) is 10.5. The highest BCUT2D eigenvalue weighted by Crippen LogP contribution is 2.41. The Labute approximate surface area is 219 Å². The van der Waals surface area contributed by atoms with E-state index in [4.69, 9.17) is 40.4 Å². The first-order valence-corrected chi connectivity index (χ1v) is 13.2. The topological polar surface area (TPSA) is 27.6 Å². The minimum absolute atomic E-state index is 0.0543. The Morgan fingerprint density at radius 2 is 1.74 bits per heavy atom. The predicted octanol–water partition coefficient (Wildman–Crippen LogP) is 8.23. The lowest BCUT2D eigenvalue weighted by Crippen LogP contribution is -2.51. The number of rotatable bonds is 4. The van der Waals surface area contributed by atoms with Gasteiger partial charge >= 0.3 is 0 Å². The zero-order valence-corrected chi connectivity index (χ0v) is 22.7. The molecule has 1 aliphatic carbocycles. The highest BCUT2D eigenvalue weighted by atomic mass is 35.5. The Morgan fingerprint density at radius 1 is 1.06 bits per heavy atom. The third-order valence-corrected chi connectivity index (χ3v) is 7.69. The maximum absolute atomic E-state index is 6.42. The number of aliphatic imine (C=N–C) groups is 1. The molecule has 1 saturated carbocycles. The highest BCUT2D eigenvalue weighted by molar-refractivity contribution is 7.80. The van der Waals surface area contributed by atoms with Crippen molar-refractivity contribution in [3.05, 3.63) is 69.7 Å². The summed E-state index contributed by atoms with van der Waals surface area (Å²) in [6.07, 6.45) is 9.87. The molecule has 1 N–H and O–H groups in total. The average Bonchev–Trinajstić information content (AvgIpc) is 3.03. The van der Waals surface area contributed by atoms with E-state index in [1.807, 2.05) is 12.1 Å². The van der Waals surface area contributed by atoms with Crippen LogP contribution in [0.2, 0.25) is 10.0 Å². The van der Waals surface area contributed by atoms with Gasteiger partial charge in [-0.15, -0.1) is 0 Å². The predicted molar refractivity (Wildman–Crippen MR) is 151 cm³/mol. The minimum Gasteiger partial charge on any atom is -0.319 e. The summed E-state index contributed by atoms with van der Waals surface area (Å²) in [6, 6.07) is 14.2. The molecule has 0 radical (unpaired) electrons. The van der Waals surface area contributed by atoms with Gasteiger partial charge in [0.25, 0.3) is 0 Å². The van der Waals surface area contributed by atoms with E-state index in [-0.39, 0.29) is 17.0 Å². The highest BCUT2D eigenvalue weighted by Gasteiger charge is 2.50. The number of nitrogens with one attached hydrogen (secondary N) is 1. The van der Waals surface area contributed by atoms with Crippen LogP contribution in [0.1, 0.15) is 64.0 Å². The molecule has 2 fully saturated rings. The molecule has 4 rings (SSSR count). The lowest BCUT2D eigenvalue weighted by Gasteiger charge is -2.41. The molecule has 2 aromatic rings. The number of amidine groups is 1. The number of hydrogen-bond acceptors (Lipinski definition) is 2. The summed E-state index contributed by atoms with van der Waals surface area (Å²) in [4.78, 5) is 7.67. The molecule has 2 aromatic carbocycles. The van der Waals surface area contributed by atoms with Crippen LogP contribution in [-0.4, -0.2) is 22.5 Å². The van der Waals surface area contributed by atoms with Gasteiger partial charge in [-0.05, 0) is 67.2 Å². The zero-order valence-electron chi connectivity index (χ0n) is 20.4. The number of halogens is 2. The van der Waals surface area contributed by atoms with Crippen molar-refractivity contribution in [3.63, 3.8) is 0 Å². The van der Waals surface area contributed by atoms with Crippen LogP contribution in [0.5, 0.6) is 0 Å². The molecule has 6 heteroatoms. The van der Waals surface area contributed by atoms with Crippen molar-refractivity contribution in [2.45, 2.75) is 71.4 Å². The normalized spacial score (nSPS) is 20.4. The first-order chi connectivity index (χ1) is 16.1. The molecule has 0 aromatic heterocycles. The molecular weight excluding hydrogens is 481 g/mol. The van der Waals surface area contributed by atoms with Crippen LogP contribution < -0.4 is 10.2 Å². The van der Waals surface area contributed by atoms with E-state index in [9.17, 15) is 0 Å². The van der Waals surface area contributed by atoms with E-state index in [1.54, 1.807) is 6.07 Å². The van der Waals surface area contributed by atoms with Crippen LogP contribution in [-0.2, 0) is 0 Å². The number of thiocarbonyl (C=S) groups is 1. The molecule has 0 bridgehead atoms. The Balaban J connectivity index is 1.74. The van der Waals surface area contributed by atoms with E-state index in [0.29, 0.717) is 10.0 Å². The van der Waals surface area contributed by atoms with E-state index in [1.165, 1.54) is 24.8 Å². The van der Waals surface area contributed by atoms with Crippen molar-refractivity contribution in [2.75, 3.05) is 4.90 Å². The van der Waals surface area contributed by atoms with Crippen molar-refractivity contribution in [2.24, 2.45) is 10.4 Å². The van der Waals surface area contributed by atoms with Gasteiger partial charge in [-0.25, -0.2) is 0 Å². The van der Waals surface area contributed by atoms with Gasteiger partial charge in [-0.2, -0.15) is 0 Å². The Bertz CT molecular complexity index is 1110. The number of hydrogen-bond donors (Lipinski definition) is 1. The fraction of sp³-hybridized carbons (Fsp3) is 0.429. The lowest BCUT2D eigenvalue weighted by molar-refractivity contribution is 0.357. The van der Waals surface area contributed by atoms with Crippen molar-refractivity contribution >= 4 is 58.1 Å². The monoisotopic (exact) mass is 513 g/mol. The first kappa shape index (κ1) is 25.2. The summed E-state index contributed by atoms with van der Waals surface area (Å²) in [5, 5.41) is 5.54. The van der Waals surface area contributed by atoms with Crippen molar-refractivity contribution in [3.8, 4) is 0 Å².